The first-order valence-corrected chi connectivity index (χ1v) is 11.0. The molecule has 1 aromatic heterocycles. The number of ketones is 1. The zero-order valence-electron chi connectivity index (χ0n) is 17.0. The van der Waals surface area contributed by atoms with Gasteiger partial charge in [-0.3, -0.25) is 4.79 Å². The van der Waals surface area contributed by atoms with Crippen LogP contribution in [-0.2, 0) is 0 Å². The van der Waals surface area contributed by atoms with Crippen molar-refractivity contribution in [3.63, 3.8) is 0 Å². The van der Waals surface area contributed by atoms with Crippen molar-refractivity contribution in [2.24, 2.45) is 5.92 Å². The predicted octanol–water partition coefficient (Wildman–Crippen LogP) is 4.71. The fourth-order valence-corrected chi connectivity index (χ4v) is 4.57. The third-order valence-corrected chi connectivity index (χ3v) is 6.16. The summed E-state index contributed by atoms with van der Waals surface area (Å²) in [5.74, 6) is 0.547. The van der Waals surface area contributed by atoms with Gasteiger partial charge in [0.2, 0.25) is 0 Å². The molecule has 29 heavy (non-hydrogen) atoms. The molecule has 2 aliphatic rings. The number of hydrogen-bond acceptors (Lipinski definition) is 2. The Morgan fingerprint density at radius 1 is 0.966 bits per heavy atom. The molecule has 4 rings (SSSR count). The molecule has 0 spiro atoms. The molecule has 3 nitrogen and oxygen atoms in total. The lowest BCUT2D eigenvalue weighted by Crippen LogP contribution is -2.40. The van der Waals surface area contributed by atoms with Gasteiger partial charge in [0.15, 0.2) is 5.78 Å². The van der Waals surface area contributed by atoms with Crippen molar-refractivity contribution in [3.8, 4) is 0 Å². The van der Waals surface area contributed by atoms with Gasteiger partial charge in [-0.25, -0.2) is 0 Å². The second-order valence-electron chi connectivity index (χ2n) is 8.17. The average Bonchev–Trinajstić information content (AvgIpc) is 3.08. The van der Waals surface area contributed by atoms with Gasteiger partial charge in [0.05, 0.1) is 6.04 Å². The highest BCUT2D eigenvalue weighted by atomic mass is 16.1. The summed E-state index contributed by atoms with van der Waals surface area (Å²) in [6, 6.07) is 9.96. The number of aromatic nitrogens is 1. The summed E-state index contributed by atoms with van der Waals surface area (Å²) in [4.78, 5) is 17.1. The fourth-order valence-electron chi connectivity index (χ4n) is 4.57. The number of rotatable bonds is 5. The lowest BCUT2D eigenvalue weighted by atomic mass is 9.85. The van der Waals surface area contributed by atoms with Crippen molar-refractivity contribution in [1.29, 1.82) is 0 Å². The summed E-state index contributed by atoms with van der Waals surface area (Å²) in [6.45, 7) is 0. The molecule has 1 unspecified atom stereocenters. The van der Waals surface area contributed by atoms with E-state index in [-0.39, 0.29) is 11.8 Å². The van der Waals surface area contributed by atoms with Gasteiger partial charge in [-0.15, -0.1) is 5.73 Å². The van der Waals surface area contributed by atoms with Crippen molar-refractivity contribution >= 4 is 23.6 Å². The van der Waals surface area contributed by atoms with Crippen molar-refractivity contribution in [2.45, 2.75) is 57.4 Å². The number of anilines is 1. The Morgan fingerprint density at radius 2 is 1.66 bits per heavy atom. The Morgan fingerprint density at radius 3 is 2.41 bits per heavy atom. The summed E-state index contributed by atoms with van der Waals surface area (Å²) >= 11 is 0. The summed E-state index contributed by atoms with van der Waals surface area (Å²) in [5.41, 5.74) is 4.89. The van der Waals surface area contributed by atoms with E-state index in [2.05, 4.69) is 28.2 Å². The average molecular weight is 387 g/mol. The zero-order valence-corrected chi connectivity index (χ0v) is 17.0. The second-order valence-corrected chi connectivity index (χ2v) is 8.17. The summed E-state index contributed by atoms with van der Waals surface area (Å²) < 4.78 is 0. The van der Waals surface area contributed by atoms with Crippen LogP contribution in [0.5, 0.6) is 0 Å². The molecule has 0 radical (unpaired) electrons. The molecule has 1 saturated carbocycles. The third kappa shape index (κ3) is 4.81. The number of para-hydroxylation sites is 1. The topological polar surface area (TPSA) is 44.9 Å². The van der Waals surface area contributed by atoms with Crippen LogP contribution in [-0.4, -0.2) is 16.8 Å². The molecule has 2 aliphatic carbocycles. The van der Waals surface area contributed by atoms with Crippen molar-refractivity contribution < 1.29 is 4.79 Å². The molecule has 0 saturated heterocycles. The largest absolute Gasteiger partial charge is 0.375 e. The van der Waals surface area contributed by atoms with Crippen LogP contribution >= 0.6 is 0 Å². The number of carbonyl (C=O) groups excluding carboxylic acids is 1. The Bertz CT molecular complexity index is 999. The number of Topliss-reactive ketones (excluding diaryl/α,β-unsaturated/α-hetero) is 1. The number of carbonyl (C=O) groups is 1. The molecule has 0 bridgehead atoms. The molecule has 2 N–H and O–H groups in total. The first-order chi connectivity index (χ1) is 14.3. The lowest BCUT2D eigenvalue weighted by molar-refractivity contribution is 0.0935. The van der Waals surface area contributed by atoms with E-state index in [0.717, 1.165) is 34.7 Å². The molecule has 0 aliphatic heterocycles. The number of H-pyrrole nitrogens is 1. The Hall–Kier alpha value is -2.77. The first-order valence-electron chi connectivity index (χ1n) is 11.0. The molecular formula is C26H30N2O. The fraction of sp³-hybridized carbons (Fsp3) is 0.385. The van der Waals surface area contributed by atoms with E-state index >= 15 is 0 Å². The Kier molecular flexibility index (Phi) is 6.49. The van der Waals surface area contributed by atoms with E-state index in [0.29, 0.717) is 5.92 Å². The highest BCUT2D eigenvalue weighted by Crippen LogP contribution is 2.28. The smallest absolute Gasteiger partial charge is 0.187 e. The number of allylic oxidation sites excluding steroid dienone is 1. The molecule has 0 amide bonds. The summed E-state index contributed by atoms with van der Waals surface area (Å²) in [6.07, 6.45) is 19.5. The van der Waals surface area contributed by atoms with Gasteiger partial charge in [0.25, 0.3) is 0 Å². The van der Waals surface area contributed by atoms with Crippen LogP contribution in [0.25, 0.3) is 12.2 Å². The zero-order chi connectivity index (χ0) is 19.9. The van der Waals surface area contributed by atoms with Gasteiger partial charge < -0.3 is 10.3 Å². The van der Waals surface area contributed by atoms with Crippen LogP contribution in [0.4, 0.5) is 5.69 Å². The van der Waals surface area contributed by atoms with Crippen LogP contribution in [0.1, 0.15) is 61.7 Å². The minimum absolute atomic E-state index is 0.190. The summed E-state index contributed by atoms with van der Waals surface area (Å²) in [7, 11) is 0. The maximum atomic E-state index is 13.8. The quantitative estimate of drug-likeness (QED) is 0.577. The van der Waals surface area contributed by atoms with Gasteiger partial charge in [0, 0.05) is 28.0 Å². The van der Waals surface area contributed by atoms with Crippen molar-refractivity contribution in [2.75, 3.05) is 5.32 Å². The minimum atomic E-state index is -0.205. The van der Waals surface area contributed by atoms with Crippen LogP contribution in [0.2, 0.25) is 0 Å². The van der Waals surface area contributed by atoms with E-state index in [1.54, 1.807) is 0 Å². The minimum Gasteiger partial charge on any atom is -0.375 e. The van der Waals surface area contributed by atoms with Crippen molar-refractivity contribution in [3.05, 3.63) is 70.5 Å². The van der Waals surface area contributed by atoms with E-state index in [1.165, 1.54) is 38.5 Å². The molecule has 1 aromatic carbocycles. The van der Waals surface area contributed by atoms with Gasteiger partial charge in [0.1, 0.15) is 0 Å². The number of aromatic amines is 1. The predicted molar refractivity (Wildman–Crippen MR) is 120 cm³/mol. The van der Waals surface area contributed by atoms with Crippen molar-refractivity contribution in [1.82, 2.24) is 4.98 Å². The first kappa shape index (κ1) is 19.5. The van der Waals surface area contributed by atoms with Crippen LogP contribution < -0.4 is 15.9 Å². The number of nitrogens with one attached hydrogen (secondary N) is 2. The van der Waals surface area contributed by atoms with Gasteiger partial charge in [-0.1, -0.05) is 56.7 Å². The number of hydrogen-bond donors (Lipinski definition) is 2. The summed E-state index contributed by atoms with van der Waals surface area (Å²) in [5, 5.41) is 5.55. The monoisotopic (exact) mass is 386 g/mol. The van der Waals surface area contributed by atoms with Gasteiger partial charge >= 0.3 is 0 Å². The highest BCUT2D eigenvalue weighted by molar-refractivity contribution is 6.02. The highest BCUT2D eigenvalue weighted by Gasteiger charge is 2.30. The maximum absolute atomic E-state index is 13.8. The lowest BCUT2D eigenvalue weighted by Gasteiger charge is -2.28. The van der Waals surface area contributed by atoms with E-state index in [4.69, 9.17) is 0 Å². The molecule has 1 fully saturated rings. The van der Waals surface area contributed by atoms with Crippen LogP contribution in [0.15, 0.2) is 54.4 Å². The van der Waals surface area contributed by atoms with E-state index in [1.807, 2.05) is 48.7 Å². The Labute approximate surface area is 172 Å². The Balaban J connectivity index is 1.68. The SMILES string of the molecule is O=C(c1c[nH]c2c1=CC=C=CC=2)C(Nc1ccccc1)C1CCCCCCCC1. The van der Waals surface area contributed by atoms with E-state index in [9.17, 15) is 4.79 Å². The molecule has 150 valence electrons. The number of benzene rings is 1. The van der Waals surface area contributed by atoms with Crippen LogP contribution in [0.3, 0.4) is 0 Å². The molecule has 3 heteroatoms. The molecule has 2 aromatic rings. The van der Waals surface area contributed by atoms with E-state index < -0.39 is 0 Å². The molecular weight excluding hydrogens is 356 g/mol. The van der Waals surface area contributed by atoms with Crippen LogP contribution in [0, 0.1) is 5.92 Å². The third-order valence-electron chi connectivity index (χ3n) is 6.16. The van der Waals surface area contributed by atoms with Gasteiger partial charge in [-0.05, 0) is 55.2 Å². The standard InChI is InChI=1S/C26H30N2O/c29-26(23-19-27-24-18-12-6-11-17-22(23)24)25(28-21-15-9-5-10-16-21)20-13-7-3-1-2-4-8-14-20/h5,9-12,15-20,25,27-28H,1-4,7-8,13-14H2. The number of fused-ring (bicyclic) bond motifs is 1. The second kappa shape index (κ2) is 9.62. The molecule has 1 atom stereocenters. The maximum Gasteiger partial charge on any atom is 0.187 e. The van der Waals surface area contributed by atoms with Gasteiger partial charge in [-0.2, -0.15) is 0 Å². The molecule has 1 heterocycles. The normalized spacial score (nSPS) is 18.2.